The fourth-order valence-electron chi connectivity index (χ4n) is 2.99. The average Bonchev–Trinajstić information content (AvgIpc) is 3.26. The standard InChI is InChI=1S/C19H27N5O3/c1-5-23-12-14(20-21-23)8-11-24-17(25)9-10-22(18(24)26)13-15-6-7-16(27-15)19(2,3)4/h6-7,12H,5,8-11,13H2,1-4H3. The van der Waals surface area contributed by atoms with Gasteiger partial charge in [-0.1, -0.05) is 26.0 Å². The van der Waals surface area contributed by atoms with Crippen LogP contribution < -0.4 is 0 Å². The van der Waals surface area contributed by atoms with E-state index in [4.69, 9.17) is 4.42 Å². The Balaban J connectivity index is 1.63. The van der Waals surface area contributed by atoms with E-state index < -0.39 is 0 Å². The lowest BCUT2D eigenvalue weighted by atomic mass is 9.94. The average molecular weight is 373 g/mol. The van der Waals surface area contributed by atoms with Crippen LogP contribution in [0, 0.1) is 0 Å². The number of hydrogen-bond donors (Lipinski definition) is 0. The molecule has 2 aromatic rings. The molecule has 0 saturated carbocycles. The number of rotatable bonds is 6. The Kier molecular flexibility index (Phi) is 5.34. The van der Waals surface area contributed by atoms with Crippen molar-refractivity contribution in [3.05, 3.63) is 35.5 Å². The highest BCUT2D eigenvalue weighted by atomic mass is 16.3. The van der Waals surface area contributed by atoms with Gasteiger partial charge in [0.15, 0.2) is 0 Å². The first-order valence-electron chi connectivity index (χ1n) is 9.35. The molecular formula is C19H27N5O3. The van der Waals surface area contributed by atoms with Crippen LogP contribution in [0.1, 0.15) is 51.3 Å². The molecule has 0 spiro atoms. The van der Waals surface area contributed by atoms with Crippen LogP contribution in [0.3, 0.4) is 0 Å². The summed E-state index contributed by atoms with van der Waals surface area (Å²) >= 11 is 0. The fourth-order valence-corrected chi connectivity index (χ4v) is 2.99. The molecule has 0 bridgehead atoms. The second kappa shape index (κ2) is 7.54. The lowest BCUT2D eigenvalue weighted by Gasteiger charge is -2.33. The van der Waals surface area contributed by atoms with Crippen LogP contribution >= 0.6 is 0 Å². The molecule has 3 rings (SSSR count). The highest BCUT2D eigenvalue weighted by Crippen LogP contribution is 2.25. The van der Waals surface area contributed by atoms with Crippen LogP contribution in [0.15, 0.2) is 22.7 Å². The minimum absolute atomic E-state index is 0.0813. The molecule has 0 radical (unpaired) electrons. The molecule has 3 heterocycles. The molecule has 0 unspecified atom stereocenters. The number of aromatic nitrogens is 3. The first-order chi connectivity index (χ1) is 12.8. The third kappa shape index (κ3) is 4.37. The minimum atomic E-state index is -0.275. The summed E-state index contributed by atoms with van der Waals surface area (Å²) in [5, 5.41) is 8.05. The molecule has 1 fully saturated rings. The molecular weight excluding hydrogens is 346 g/mol. The van der Waals surface area contributed by atoms with Gasteiger partial charge in [-0.05, 0) is 19.1 Å². The third-order valence-corrected chi connectivity index (χ3v) is 4.65. The zero-order chi connectivity index (χ0) is 19.6. The number of furan rings is 1. The van der Waals surface area contributed by atoms with Crippen molar-refractivity contribution in [3.8, 4) is 0 Å². The SMILES string of the molecule is CCn1cc(CCN2C(=O)CCN(Cc3ccc(C(C)(C)C)o3)C2=O)nn1. The van der Waals surface area contributed by atoms with Gasteiger partial charge in [0.25, 0.3) is 0 Å². The van der Waals surface area contributed by atoms with Gasteiger partial charge in [0, 0.05) is 44.1 Å². The topological polar surface area (TPSA) is 84.5 Å². The van der Waals surface area contributed by atoms with Gasteiger partial charge in [-0.25, -0.2) is 4.79 Å². The summed E-state index contributed by atoms with van der Waals surface area (Å²) in [6, 6.07) is 3.57. The minimum Gasteiger partial charge on any atom is -0.464 e. The largest absolute Gasteiger partial charge is 0.464 e. The van der Waals surface area contributed by atoms with Crippen molar-refractivity contribution >= 4 is 11.9 Å². The second-order valence-electron chi connectivity index (χ2n) is 7.83. The van der Waals surface area contributed by atoms with E-state index in [1.165, 1.54) is 4.90 Å². The Morgan fingerprint density at radius 3 is 2.63 bits per heavy atom. The van der Waals surface area contributed by atoms with E-state index >= 15 is 0 Å². The predicted molar refractivity (Wildman–Crippen MR) is 98.9 cm³/mol. The van der Waals surface area contributed by atoms with Crippen molar-refractivity contribution in [2.24, 2.45) is 0 Å². The molecule has 3 amide bonds. The first kappa shape index (κ1) is 19.1. The van der Waals surface area contributed by atoms with Gasteiger partial charge in [0.2, 0.25) is 5.91 Å². The lowest BCUT2D eigenvalue weighted by molar-refractivity contribution is -0.131. The van der Waals surface area contributed by atoms with E-state index in [1.807, 2.05) is 25.3 Å². The molecule has 1 saturated heterocycles. The molecule has 27 heavy (non-hydrogen) atoms. The highest BCUT2D eigenvalue weighted by Gasteiger charge is 2.32. The van der Waals surface area contributed by atoms with Crippen molar-refractivity contribution in [2.45, 2.75) is 59.0 Å². The Hall–Kier alpha value is -2.64. The van der Waals surface area contributed by atoms with Gasteiger partial charge in [-0.3, -0.25) is 14.4 Å². The fraction of sp³-hybridized carbons (Fsp3) is 0.579. The monoisotopic (exact) mass is 373 g/mol. The maximum Gasteiger partial charge on any atom is 0.327 e. The number of carbonyl (C=O) groups excluding carboxylic acids is 2. The molecule has 1 aliphatic rings. The molecule has 0 aromatic carbocycles. The van der Waals surface area contributed by atoms with Crippen LogP contribution in [0.4, 0.5) is 4.79 Å². The van der Waals surface area contributed by atoms with Crippen LogP contribution in [0.2, 0.25) is 0 Å². The molecule has 146 valence electrons. The smallest absolute Gasteiger partial charge is 0.327 e. The predicted octanol–water partition coefficient (Wildman–Crippen LogP) is 2.59. The van der Waals surface area contributed by atoms with Gasteiger partial charge < -0.3 is 9.32 Å². The molecule has 0 aliphatic carbocycles. The molecule has 2 aromatic heterocycles. The summed E-state index contributed by atoms with van der Waals surface area (Å²) in [5.74, 6) is 1.47. The number of nitrogens with zero attached hydrogens (tertiary/aromatic N) is 5. The Bertz CT molecular complexity index is 817. The first-order valence-corrected chi connectivity index (χ1v) is 9.35. The van der Waals surface area contributed by atoms with E-state index in [-0.39, 0.29) is 17.4 Å². The van der Waals surface area contributed by atoms with Crippen LogP contribution in [-0.4, -0.2) is 49.8 Å². The zero-order valence-electron chi connectivity index (χ0n) is 16.4. The van der Waals surface area contributed by atoms with Crippen molar-refractivity contribution in [3.63, 3.8) is 0 Å². The maximum atomic E-state index is 12.8. The molecule has 8 heteroatoms. The van der Waals surface area contributed by atoms with E-state index in [0.717, 1.165) is 23.8 Å². The van der Waals surface area contributed by atoms with E-state index in [2.05, 4.69) is 31.1 Å². The Morgan fingerprint density at radius 2 is 2.00 bits per heavy atom. The maximum absolute atomic E-state index is 12.8. The molecule has 0 atom stereocenters. The zero-order valence-corrected chi connectivity index (χ0v) is 16.4. The van der Waals surface area contributed by atoms with Crippen LogP contribution in [0.25, 0.3) is 0 Å². The van der Waals surface area contributed by atoms with E-state index in [9.17, 15) is 9.59 Å². The van der Waals surface area contributed by atoms with Crippen molar-refractivity contribution in [1.82, 2.24) is 24.8 Å². The Morgan fingerprint density at radius 1 is 1.22 bits per heavy atom. The highest BCUT2D eigenvalue weighted by molar-refractivity contribution is 5.96. The number of imide groups is 1. The second-order valence-corrected chi connectivity index (χ2v) is 7.83. The lowest BCUT2D eigenvalue weighted by Crippen LogP contribution is -2.52. The number of carbonyl (C=O) groups is 2. The third-order valence-electron chi connectivity index (χ3n) is 4.65. The summed E-state index contributed by atoms with van der Waals surface area (Å²) in [6.45, 7) is 10.0. The molecule has 1 aliphatic heterocycles. The number of amides is 3. The summed E-state index contributed by atoms with van der Waals surface area (Å²) in [7, 11) is 0. The van der Waals surface area contributed by atoms with Gasteiger partial charge in [-0.2, -0.15) is 0 Å². The summed E-state index contributed by atoms with van der Waals surface area (Å²) in [6.07, 6.45) is 2.66. The van der Waals surface area contributed by atoms with E-state index in [0.29, 0.717) is 32.5 Å². The molecule has 8 nitrogen and oxygen atoms in total. The Labute approximate surface area is 159 Å². The van der Waals surface area contributed by atoms with Gasteiger partial charge in [0.1, 0.15) is 11.5 Å². The van der Waals surface area contributed by atoms with Gasteiger partial charge in [0.05, 0.1) is 12.2 Å². The van der Waals surface area contributed by atoms with Crippen molar-refractivity contribution < 1.29 is 14.0 Å². The van der Waals surface area contributed by atoms with Crippen LogP contribution in [-0.2, 0) is 29.7 Å². The summed E-state index contributed by atoms with van der Waals surface area (Å²) in [4.78, 5) is 28.0. The number of hydrogen-bond acceptors (Lipinski definition) is 5. The van der Waals surface area contributed by atoms with Crippen molar-refractivity contribution in [1.29, 1.82) is 0 Å². The number of aryl methyl sites for hydroxylation is 1. The van der Waals surface area contributed by atoms with Gasteiger partial charge in [-0.15, -0.1) is 5.10 Å². The quantitative estimate of drug-likeness (QED) is 0.777. The van der Waals surface area contributed by atoms with Crippen molar-refractivity contribution in [2.75, 3.05) is 13.1 Å². The molecule has 0 N–H and O–H groups in total. The summed E-state index contributed by atoms with van der Waals surface area (Å²) in [5.41, 5.74) is 0.692. The normalized spacial score (nSPS) is 15.7. The van der Waals surface area contributed by atoms with E-state index in [1.54, 1.807) is 9.58 Å². The van der Waals surface area contributed by atoms with Gasteiger partial charge >= 0.3 is 6.03 Å². The van der Waals surface area contributed by atoms with Crippen LogP contribution in [0.5, 0.6) is 0 Å². The number of urea groups is 1. The summed E-state index contributed by atoms with van der Waals surface area (Å²) < 4.78 is 7.61.